The zero-order chi connectivity index (χ0) is 16.6. The topological polar surface area (TPSA) is 75.6 Å². The van der Waals surface area contributed by atoms with E-state index >= 15 is 0 Å². The minimum absolute atomic E-state index is 0.0728. The first-order valence-corrected chi connectivity index (χ1v) is 7.59. The lowest BCUT2D eigenvalue weighted by atomic mass is 9.78. The standard InChI is InChI=1S/C17H25NO4/c1-4-17(16(20)21,14-8-6-5-7-9-14)12-18-15(19)10-11-22-13(2)3/h5-9,13H,4,10-12H2,1-3H3,(H,18,19)(H,20,21). The summed E-state index contributed by atoms with van der Waals surface area (Å²) in [7, 11) is 0. The summed E-state index contributed by atoms with van der Waals surface area (Å²) in [6.07, 6.45) is 0.701. The van der Waals surface area contributed by atoms with Gasteiger partial charge in [-0.25, -0.2) is 0 Å². The molecule has 0 spiro atoms. The molecule has 0 bridgehead atoms. The van der Waals surface area contributed by atoms with Crippen LogP contribution in [0, 0.1) is 0 Å². The molecule has 0 fully saturated rings. The van der Waals surface area contributed by atoms with E-state index in [0.717, 1.165) is 0 Å². The second-order valence-electron chi connectivity index (χ2n) is 5.55. The molecule has 1 aromatic rings. The van der Waals surface area contributed by atoms with E-state index in [-0.39, 0.29) is 25.0 Å². The van der Waals surface area contributed by atoms with Crippen LogP contribution in [-0.2, 0) is 19.7 Å². The Morgan fingerprint density at radius 3 is 2.41 bits per heavy atom. The predicted molar refractivity (Wildman–Crippen MR) is 84.8 cm³/mol. The average Bonchev–Trinajstić information content (AvgIpc) is 2.48. The van der Waals surface area contributed by atoms with Crippen molar-refractivity contribution in [1.82, 2.24) is 5.32 Å². The van der Waals surface area contributed by atoms with Gasteiger partial charge in [0, 0.05) is 13.0 Å². The summed E-state index contributed by atoms with van der Waals surface area (Å²) in [5.41, 5.74) is -0.403. The molecule has 1 rings (SSSR count). The minimum atomic E-state index is -1.10. The fourth-order valence-corrected chi connectivity index (χ4v) is 2.26. The normalized spacial score (nSPS) is 13.6. The Balaban J connectivity index is 2.71. The average molecular weight is 307 g/mol. The molecule has 1 amide bonds. The van der Waals surface area contributed by atoms with Crippen molar-refractivity contribution in [3.8, 4) is 0 Å². The van der Waals surface area contributed by atoms with Gasteiger partial charge in [-0.3, -0.25) is 9.59 Å². The number of aliphatic carboxylic acids is 1. The SMILES string of the molecule is CCC(CNC(=O)CCOC(C)C)(C(=O)O)c1ccccc1. The molecular weight excluding hydrogens is 282 g/mol. The van der Waals surface area contributed by atoms with Crippen LogP contribution in [0.4, 0.5) is 0 Å². The molecule has 0 aliphatic carbocycles. The molecule has 5 nitrogen and oxygen atoms in total. The third-order valence-corrected chi connectivity index (χ3v) is 3.71. The number of hydrogen-bond donors (Lipinski definition) is 2. The smallest absolute Gasteiger partial charge is 0.315 e. The third-order valence-electron chi connectivity index (χ3n) is 3.71. The van der Waals surface area contributed by atoms with Crippen molar-refractivity contribution >= 4 is 11.9 Å². The van der Waals surface area contributed by atoms with E-state index in [2.05, 4.69) is 5.32 Å². The highest BCUT2D eigenvalue weighted by Crippen LogP contribution is 2.27. The Labute approximate surface area is 131 Å². The van der Waals surface area contributed by atoms with E-state index < -0.39 is 11.4 Å². The number of carbonyl (C=O) groups is 2. The van der Waals surface area contributed by atoms with Gasteiger partial charge in [-0.1, -0.05) is 37.3 Å². The van der Waals surface area contributed by atoms with Gasteiger partial charge in [0.1, 0.15) is 5.41 Å². The van der Waals surface area contributed by atoms with Crippen LogP contribution in [0.25, 0.3) is 0 Å². The number of benzene rings is 1. The fraction of sp³-hybridized carbons (Fsp3) is 0.529. The Morgan fingerprint density at radius 2 is 1.91 bits per heavy atom. The number of carboxylic acids is 1. The molecule has 1 aromatic carbocycles. The maximum absolute atomic E-state index is 11.9. The fourth-order valence-electron chi connectivity index (χ4n) is 2.26. The van der Waals surface area contributed by atoms with E-state index in [1.165, 1.54) is 0 Å². The van der Waals surface area contributed by atoms with Crippen molar-refractivity contribution in [3.05, 3.63) is 35.9 Å². The largest absolute Gasteiger partial charge is 0.481 e. The van der Waals surface area contributed by atoms with Crippen LogP contribution in [0.15, 0.2) is 30.3 Å². The Hall–Kier alpha value is -1.88. The number of rotatable bonds is 9. The number of nitrogens with one attached hydrogen (secondary N) is 1. The van der Waals surface area contributed by atoms with Crippen molar-refractivity contribution in [2.75, 3.05) is 13.2 Å². The van der Waals surface area contributed by atoms with Gasteiger partial charge < -0.3 is 15.2 Å². The van der Waals surface area contributed by atoms with Crippen LogP contribution in [0.2, 0.25) is 0 Å². The number of carbonyl (C=O) groups excluding carboxylic acids is 1. The summed E-state index contributed by atoms with van der Waals surface area (Å²) >= 11 is 0. The van der Waals surface area contributed by atoms with Crippen LogP contribution in [0.5, 0.6) is 0 Å². The van der Waals surface area contributed by atoms with Crippen molar-refractivity contribution in [1.29, 1.82) is 0 Å². The molecule has 5 heteroatoms. The highest BCUT2D eigenvalue weighted by Gasteiger charge is 2.38. The summed E-state index contributed by atoms with van der Waals surface area (Å²) in [6, 6.07) is 9.02. The molecule has 0 saturated carbocycles. The maximum atomic E-state index is 11.9. The molecule has 1 atom stereocenters. The summed E-state index contributed by atoms with van der Waals surface area (Å²) in [5, 5.41) is 12.4. The second-order valence-corrected chi connectivity index (χ2v) is 5.55. The third kappa shape index (κ3) is 4.84. The van der Waals surface area contributed by atoms with Gasteiger partial charge in [0.2, 0.25) is 5.91 Å². The Kier molecular flexibility index (Phi) is 7.05. The summed E-state index contributed by atoms with van der Waals surface area (Å²) < 4.78 is 5.33. The van der Waals surface area contributed by atoms with Gasteiger partial charge in [-0.2, -0.15) is 0 Å². The highest BCUT2D eigenvalue weighted by atomic mass is 16.5. The molecule has 22 heavy (non-hydrogen) atoms. The second kappa shape index (κ2) is 8.54. The van der Waals surface area contributed by atoms with Crippen molar-refractivity contribution < 1.29 is 19.4 Å². The summed E-state index contributed by atoms with van der Waals surface area (Å²) in [5.74, 6) is -1.13. The molecule has 1 unspecified atom stereocenters. The zero-order valence-corrected chi connectivity index (χ0v) is 13.5. The molecule has 0 radical (unpaired) electrons. The van der Waals surface area contributed by atoms with Crippen LogP contribution in [0.1, 0.15) is 39.2 Å². The van der Waals surface area contributed by atoms with Gasteiger partial charge in [-0.05, 0) is 25.8 Å². The summed E-state index contributed by atoms with van der Waals surface area (Å²) in [4.78, 5) is 23.6. The molecular formula is C17H25NO4. The molecule has 2 N–H and O–H groups in total. The van der Waals surface area contributed by atoms with Gasteiger partial charge in [-0.15, -0.1) is 0 Å². The molecule has 0 heterocycles. The monoisotopic (exact) mass is 307 g/mol. The quantitative estimate of drug-likeness (QED) is 0.734. The molecule has 0 aliphatic rings. The first-order chi connectivity index (χ1) is 10.4. The van der Waals surface area contributed by atoms with Gasteiger partial charge in [0.15, 0.2) is 0 Å². The lowest BCUT2D eigenvalue weighted by Gasteiger charge is -2.29. The van der Waals surface area contributed by atoms with Gasteiger partial charge >= 0.3 is 5.97 Å². The predicted octanol–water partition coefficient (Wildman–Crippen LogP) is 2.35. The van der Waals surface area contributed by atoms with Crippen molar-refractivity contribution in [2.24, 2.45) is 0 Å². The van der Waals surface area contributed by atoms with E-state index in [1.54, 1.807) is 24.3 Å². The first kappa shape index (κ1) is 18.2. The lowest BCUT2D eigenvalue weighted by Crippen LogP contribution is -2.46. The van der Waals surface area contributed by atoms with Crippen LogP contribution in [-0.4, -0.2) is 36.2 Å². The lowest BCUT2D eigenvalue weighted by molar-refractivity contribution is -0.144. The minimum Gasteiger partial charge on any atom is -0.481 e. The van der Waals surface area contributed by atoms with Crippen LogP contribution >= 0.6 is 0 Å². The number of amides is 1. The molecule has 0 saturated heterocycles. The van der Waals surface area contributed by atoms with Crippen LogP contribution in [0.3, 0.4) is 0 Å². The Morgan fingerprint density at radius 1 is 1.27 bits per heavy atom. The highest BCUT2D eigenvalue weighted by molar-refractivity contribution is 5.83. The molecule has 0 aromatic heterocycles. The van der Waals surface area contributed by atoms with E-state index in [0.29, 0.717) is 18.6 Å². The molecule has 122 valence electrons. The van der Waals surface area contributed by atoms with E-state index in [9.17, 15) is 14.7 Å². The van der Waals surface area contributed by atoms with E-state index in [1.807, 2.05) is 26.8 Å². The van der Waals surface area contributed by atoms with Crippen LogP contribution < -0.4 is 5.32 Å². The number of carboxylic acid groups (broad SMARTS) is 1. The zero-order valence-electron chi connectivity index (χ0n) is 13.5. The number of hydrogen-bond acceptors (Lipinski definition) is 3. The molecule has 0 aliphatic heterocycles. The Bertz CT molecular complexity index is 487. The first-order valence-electron chi connectivity index (χ1n) is 7.59. The van der Waals surface area contributed by atoms with Crippen molar-refractivity contribution in [2.45, 2.75) is 45.1 Å². The van der Waals surface area contributed by atoms with Gasteiger partial charge in [0.05, 0.1) is 12.7 Å². The summed E-state index contributed by atoms with van der Waals surface area (Å²) in [6.45, 7) is 6.03. The number of ether oxygens (including phenoxy) is 1. The van der Waals surface area contributed by atoms with Crippen molar-refractivity contribution in [3.63, 3.8) is 0 Å². The van der Waals surface area contributed by atoms with E-state index in [4.69, 9.17) is 4.74 Å². The van der Waals surface area contributed by atoms with Gasteiger partial charge in [0.25, 0.3) is 0 Å². The maximum Gasteiger partial charge on any atom is 0.315 e.